The van der Waals surface area contributed by atoms with Crippen LogP contribution in [0.1, 0.15) is 11.1 Å². The second kappa shape index (κ2) is 7.68. The molecule has 0 aliphatic rings. The summed E-state index contributed by atoms with van der Waals surface area (Å²) in [5.74, 6) is 1.36. The molecular weight excluding hydrogens is 400 g/mol. The smallest absolute Gasteiger partial charge is 0.162 e. The highest BCUT2D eigenvalue weighted by Gasteiger charge is 2.08. The largest absolute Gasteiger partial charge is 0.261 e. The minimum Gasteiger partial charge on any atom is -0.261 e. The van der Waals surface area contributed by atoms with Crippen molar-refractivity contribution in [2.24, 2.45) is 5.10 Å². The van der Waals surface area contributed by atoms with E-state index in [-0.39, 0.29) is 0 Å². The highest BCUT2D eigenvalue weighted by atomic mass is 79.9. The van der Waals surface area contributed by atoms with Crippen LogP contribution in [-0.4, -0.2) is 16.2 Å². The number of anilines is 1. The van der Waals surface area contributed by atoms with Crippen LogP contribution in [0.25, 0.3) is 22.3 Å². The fourth-order valence-electron chi connectivity index (χ4n) is 2.71. The molecule has 132 valence electrons. The molecule has 4 rings (SSSR count). The highest BCUT2D eigenvalue weighted by Crippen LogP contribution is 2.25. The molecule has 3 aromatic carbocycles. The maximum atomic E-state index is 4.70. The molecule has 0 unspecified atom stereocenters. The number of hydrogen-bond acceptors (Lipinski definition) is 4. The number of hydrogen-bond donors (Lipinski definition) is 1. The number of halogens is 1. The lowest BCUT2D eigenvalue weighted by Crippen LogP contribution is -1.99. The summed E-state index contributed by atoms with van der Waals surface area (Å²) in [7, 11) is 0. The van der Waals surface area contributed by atoms with Crippen LogP contribution in [0.15, 0.2) is 82.4 Å². The van der Waals surface area contributed by atoms with E-state index in [9.17, 15) is 0 Å². The van der Waals surface area contributed by atoms with E-state index in [0.29, 0.717) is 11.6 Å². The van der Waals surface area contributed by atoms with Crippen molar-refractivity contribution in [2.75, 3.05) is 5.43 Å². The van der Waals surface area contributed by atoms with Crippen LogP contribution >= 0.6 is 15.9 Å². The van der Waals surface area contributed by atoms with Crippen molar-refractivity contribution in [3.8, 4) is 11.4 Å². The molecule has 0 spiro atoms. The third-order valence-electron chi connectivity index (χ3n) is 4.17. The van der Waals surface area contributed by atoms with Gasteiger partial charge in [-0.25, -0.2) is 9.97 Å². The standard InChI is InChI=1S/C22H17BrN4/c1-15-6-10-17(11-7-15)21-25-20-5-3-2-4-19(20)22(26-21)27-24-14-16-8-12-18(23)13-9-16/h2-14H,1H3,(H,25,26,27)/b24-14-. The average Bonchev–Trinajstić information content (AvgIpc) is 2.70. The fraction of sp³-hybridized carbons (Fsp3) is 0.0455. The topological polar surface area (TPSA) is 50.2 Å². The minimum absolute atomic E-state index is 0.676. The van der Waals surface area contributed by atoms with Crippen LogP contribution < -0.4 is 5.43 Å². The second-order valence-corrected chi connectivity index (χ2v) is 7.12. The molecule has 4 nitrogen and oxygen atoms in total. The Morgan fingerprint density at radius 1 is 0.889 bits per heavy atom. The summed E-state index contributed by atoms with van der Waals surface area (Å²) >= 11 is 3.43. The number of rotatable bonds is 4. The molecule has 1 N–H and O–H groups in total. The summed E-state index contributed by atoms with van der Waals surface area (Å²) < 4.78 is 1.04. The van der Waals surface area contributed by atoms with Crippen LogP contribution in [-0.2, 0) is 0 Å². The zero-order valence-corrected chi connectivity index (χ0v) is 16.3. The van der Waals surface area contributed by atoms with E-state index in [0.717, 1.165) is 26.5 Å². The maximum absolute atomic E-state index is 4.70. The van der Waals surface area contributed by atoms with Crippen molar-refractivity contribution >= 4 is 38.9 Å². The predicted molar refractivity (Wildman–Crippen MR) is 115 cm³/mol. The van der Waals surface area contributed by atoms with Gasteiger partial charge in [0.2, 0.25) is 0 Å². The second-order valence-electron chi connectivity index (χ2n) is 6.20. The first-order chi connectivity index (χ1) is 13.2. The predicted octanol–water partition coefficient (Wildman–Crippen LogP) is 5.81. The van der Waals surface area contributed by atoms with Gasteiger partial charge in [-0.3, -0.25) is 5.43 Å². The van der Waals surface area contributed by atoms with Gasteiger partial charge >= 0.3 is 0 Å². The van der Waals surface area contributed by atoms with E-state index in [1.165, 1.54) is 5.56 Å². The van der Waals surface area contributed by atoms with Crippen molar-refractivity contribution in [3.05, 3.63) is 88.4 Å². The van der Waals surface area contributed by atoms with Gasteiger partial charge in [0.25, 0.3) is 0 Å². The van der Waals surface area contributed by atoms with Crippen LogP contribution in [0.4, 0.5) is 5.82 Å². The number of aryl methyl sites for hydroxylation is 1. The Bertz CT molecular complexity index is 1100. The molecule has 0 radical (unpaired) electrons. The molecule has 0 amide bonds. The van der Waals surface area contributed by atoms with E-state index in [2.05, 4.69) is 45.5 Å². The molecule has 0 atom stereocenters. The van der Waals surface area contributed by atoms with Gasteiger partial charge in [0.15, 0.2) is 11.6 Å². The quantitative estimate of drug-likeness (QED) is 0.337. The molecule has 0 aliphatic carbocycles. The minimum atomic E-state index is 0.676. The molecule has 0 saturated carbocycles. The van der Waals surface area contributed by atoms with Crippen LogP contribution in [0.2, 0.25) is 0 Å². The lowest BCUT2D eigenvalue weighted by molar-refractivity contribution is 1.19. The Morgan fingerprint density at radius 2 is 1.63 bits per heavy atom. The van der Waals surface area contributed by atoms with E-state index < -0.39 is 0 Å². The Labute approximate surface area is 166 Å². The number of aromatic nitrogens is 2. The SMILES string of the molecule is Cc1ccc(-c2nc(N/N=C\c3ccc(Br)cc3)c3ccccc3n2)cc1. The third-order valence-corrected chi connectivity index (χ3v) is 4.70. The Morgan fingerprint density at radius 3 is 2.41 bits per heavy atom. The Hall–Kier alpha value is -3.05. The summed E-state index contributed by atoms with van der Waals surface area (Å²) in [4.78, 5) is 9.41. The molecule has 1 heterocycles. The molecule has 0 fully saturated rings. The van der Waals surface area contributed by atoms with E-state index >= 15 is 0 Å². The Kier molecular flexibility index (Phi) is 4.94. The van der Waals surface area contributed by atoms with Crippen molar-refractivity contribution in [2.45, 2.75) is 6.92 Å². The normalized spacial score (nSPS) is 11.2. The summed E-state index contributed by atoms with van der Waals surface area (Å²) in [6.07, 6.45) is 1.77. The number of nitrogens with one attached hydrogen (secondary N) is 1. The summed E-state index contributed by atoms with van der Waals surface area (Å²) in [6.45, 7) is 2.06. The number of hydrazone groups is 1. The zero-order valence-electron chi connectivity index (χ0n) is 14.7. The van der Waals surface area contributed by atoms with Crippen LogP contribution in [0.5, 0.6) is 0 Å². The Balaban J connectivity index is 1.70. The maximum Gasteiger partial charge on any atom is 0.162 e. The van der Waals surface area contributed by atoms with Gasteiger partial charge in [-0.15, -0.1) is 0 Å². The van der Waals surface area contributed by atoms with Crippen LogP contribution in [0.3, 0.4) is 0 Å². The fourth-order valence-corrected chi connectivity index (χ4v) is 2.97. The van der Waals surface area contributed by atoms with Crippen LogP contribution in [0, 0.1) is 6.92 Å². The van der Waals surface area contributed by atoms with Gasteiger partial charge in [0.1, 0.15) is 0 Å². The summed E-state index contributed by atoms with van der Waals surface area (Å²) in [6, 6.07) is 24.1. The van der Waals surface area contributed by atoms with Gasteiger partial charge in [0.05, 0.1) is 11.7 Å². The van der Waals surface area contributed by atoms with Crippen molar-refractivity contribution < 1.29 is 0 Å². The van der Waals surface area contributed by atoms with Gasteiger partial charge in [-0.05, 0) is 36.8 Å². The summed E-state index contributed by atoms with van der Waals surface area (Å²) in [5, 5.41) is 5.29. The number of fused-ring (bicyclic) bond motifs is 1. The van der Waals surface area contributed by atoms with Crippen molar-refractivity contribution in [3.63, 3.8) is 0 Å². The molecule has 1 aromatic heterocycles. The van der Waals surface area contributed by atoms with E-state index in [1.54, 1.807) is 6.21 Å². The zero-order chi connectivity index (χ0) is 18.6. The first-order valence-electron chi connectivity index (χ1n) is 8.57. The lowest BCUT2D eigenvalue weighted by atomic mass is 10.1. The van der Waals surface area contributed by atoms with E-state index in [4.69, 9.17) is 9.97 Å². The first-order valence-corrected chi connectivity index (χ1v) is 9.37. The first kappa shape index (κ1) is 17.4. The van der Waals surface area contributed by atoms with Crippen molar-refractivity contribution in [1.29, 1.82) is 0 Å². The molecule has 27 heavy (non-hydrogen) atoms. The highest BCUT2D eigenvalue weighted by molar-refractivity contribution is 9.10. The summed E-state index contributed by atoms with van der Waals surface area (Å²) in [5.41, 5.74) is 7.14. The monoisotopic (exact) mass is 416 g/mol. The molecule has 4 aromatic rings. The van der Waals surface area contributed by atoms with Gasteiger partial charge in [-0.1, -0.05) is 70.0 Å². The van der Waals surface area contributed by atoms with Gasteiger partial charge < -0.3 is 0 Å². The molecule has 5 heteroatoms. The number of benzene rings is 3. The van der Waals surface area contributed by atoms with E-state index in [1.807, 2.05) is 60.7 Å². The van der Waals surface area contributed by atoms with Gasteiger partial charge in [-0.2, -0.15) is 5.10 Å². The third kappa shape index (κ3) is 4.04. The molecule has 0 saturated heterocycles. The van der Waals surface area contributed by atoms with Crippen molar-refractivity contribution in [1.82, 2.24) is 9.97 Å². The number of para-hydroxylation sites is 1. The molecular formula is C22H17BrN4. The average molecular weight is 417 g/mol. The molecule has 0 aliphatic heterocycles. The molecule has 0 bridgehead atoms. The number of nitrogens with zero attached hydrogens (tertiary/aromatic N) is 3. The van der Waals surface area contributed by atoms with Gasteiger partial charge in [0, 0.05) is 15.4 Å². The lowest BCUT2D eigenvalue weighted by Gasteiger charge is -2.08.